The summed E-state index contributed by atoms with van der Waals surface area (Å²) in [5.74, 6) is 0.380. The molecule has 3 amide bonds. The molecule has 3 aliphatic heterocycles. The minimum absolute atomic E-state index is 0.0380. The molecule has 4 rings (SSSR count). The summed E-state index contributed by atoms with van der Waals surface area (Å²) in [6, 6.07) is 5.73. The second-order valence-corrected chi connectivity index (χ2v) is 8.81. The van der Waals surface area contributed by atoms with E-state index < -0.39 is 5.54 Å². The predicted octanol–water partition coefficient (Wildman–Crippen LogP) is 1.60. The summed E-state index contributed by atoms with van der Waals surface area (Å²) >= 11 is 0. The van der Waals surface area contributed by atoms with Crippen LogP contribution in [0.5, 0.6) is 5.75 Å². The van der Waals surface area contributed by atoms with Gasteiger partial charge in [0.05, 0.1) is 18.6 Å². The highest BCUT2D eigenvalue weighted by Gasteiger charge is 2.45. The number of rotatable bonds is 3. The quantitative estimate of drug-likeness (QED) is 0.837. The van der Waals surface area contributed by atoms with E-state index in [9.17, 15) is 14.4 Å². The van der Waals surface area contributed by atoms with Gasteiger partial charge in [-0.3, -0.25) is 14.4 Å². The van der Waals surface area contributed by atoms with Gasteiger partial charge >= 0.3 is 0 Å². The highest BCUT2D eigenvalue weighted by molar-refractivity contribution is 5.97. The zero-order valence-corrected chi connectivity index (χ0v) is 17.4. The van der Waals surface area contributed by atoms with E-state index >= 15 is 0 Å². The smallest absolute Gasteiger partial charge is 0.252 e. The van der Waals surface area contributed by atoms with Gasteiger partial charge < -0.3 is 19.9 Å². The Morgan fingerprint density at radius 2 is 2.07 bits per heavy atom. The minimum Gasteiger partial charge on any atom is -0.497 e. The van der Waals surface area contributed by atoms with Crippen LogP contribution >= 0.6 is 0 Å². The van der Waals surface area contributed by atoms with E-state index in [1.54, 1.807) is 18.1 Å². The molecule has 3 aliphatic rings. The molecule has 7 nitrogen and oxygen atoms in total. The van der Waals surface area contributed by atoms with Crippen molar-refractivity contribution < 1.29 is 19.1 Å². The van der Waals surface area contributed by atoms with Crippen LogP contribution in [0.25, 0.3) is 0 Å². The third-order valence-corrected chi connectivity index (χ3v) is 6.61. The number of methoxy groups -OCH3 is 1. The normalized spacial score (nSPS) is 26.7. The van der Waals surface area contributed by atoms with Crippen LogP contribution in [-0.2, 0) is 16.0 Å². The van der Waals surface area contributed by atoms with Gasteiger partial charge in [0.2, 0.25) is 11.8 Å². The standard InChI is InChI=1S/C22H29N3O4/c1-14(2)25-12-16(10-19(25)26)21(28)24-9-8-22(13-24)7-6-15-4-5-17(29-3)11-18(15)20(27)23-22/h4-5,11,14,16H,6-10,12-13H2,1-3H3,(H,23,27). The van der Waals surface area contributed by atoms with Gasteiger partial charge in [-0.05, 0) is 50.8 Å². The summed E-state index contributed by atoms with van der Waals surface area (Å²) < 4.78 is 5.26. The largest absolute Gasteiger partial charge is 0.497 e. The zero-order valence-electron chi connectivity index (χ0n) is 17.4. The van der Waals surface area contributed by atoms with Crippen LogP contribution in [0.2, 0.25) is 0 Å². The lowest BCUT2D eigenvalue weighted by Gasteiger charge is -2.29. The molecule has 0 saturated carbocycles. The zero-order chi connectivity index (χ0) is 20.8. The van der Waals surface area contributed by atoms with Gasteiger partial charge in [-0.15, -0.1) is 0 Å². The number of nitrogens with one attached hydrogen (secondary N) is 1. The summed E-state index contributed by atoms with van der Waals surface area (Å²) in [6.45, 7) is 5.57. The molecule has 3 heterocycles. The lowest BCUT2D eigenvalue weighted by Crippen LogP contribution is -2.50. The number of hydrogen-bond donors (Lipinski definition) is 1. The SMILES string of the molecule is COc1ccc2c(c1)C(=O)NC1(CC2)CCN(C(=O)C2CC(=O)N(C(C)C)C2)C1. The average molecular weight is 399 g/mol. The van der Waals surface area contributed by atoms with Crippen molar-refractivity contribution in [3.63, 3.8) is 0 Å². The van der Waals surface area contributed by atoms with Crippen LogP contribution in [0.4, 0.5) is 0 Å². The number of carbonyl (C=O) groups is 3. The van der Waals surface area contributed by atoms with Gasteiger partial charge in [-0.25, -0.2) is 0 Å². The van der Waals surface area contributed by atoms with Gasteiger partial charge in [0.25, 0.3) is 5.91 Å². The number of fused-ring (bicyclic) bond motifs is 1. The van der Waals surface area contributed by atoms with E-state index in [0.29, 0.717) is 30.9 Å². The molecule has 7 heteroatoms. The number of benzene rings is 1. The van der Waals surface area contributed by atoms with Crippen LogP contribution < -0.4 is 10.1 Å². The first-order chi connectivity index (χ1) is 13.8. The number of nitrogens with zero attached hydrogens (tertiary/aromatic N) is 2. The molecular weight excluding hydrogens is 370 g/mol. The third-order valence-electron chi connectivity index (χ3n) is 6.61. The first-order valence-electron chi connectivity index (χ1n) is 10.4. The van der Waals surface area contributed by atoms with Crippen molar-refractivity contribution in [3.8, 4) is 5.75 Å². The summed E-state index contributed by atoms with van der Waals surface area (Å²) in [6.07, 6.45) is 2.61. The van der Waals surface area contributed by atoms with E-state index in [1.165, 1.54) is 0 Å². The molecule has 29 heavy (non-hydrogen) atoms. The van der Waals surface area contributed by atoms with E-state index in [4.69, 9.17) is 4.74 Å². The van der Waals surface area contributed by atoms with E-state index in [2.05, 4.69) is 5.32 Å². The van der Waals surface area contributed by atoms with Crippen molar-refractivity contribution in [1.82, 2.24) is 15.1 Å². The molecule has 0 radical (unpaired) electrons. The van der Waals surface area contributed by atoms with Crippen molar-refractivity contribution in [2.24, 2.45) is 5.92 Å². The summed E-state index contributed by atoms with van der Waals surface area (Å²) in [4.78, 5) is 41.8. The first kappa shape index (κ1) is 19.7. The van der Waals surface area contributed by atoms with Crippen LogP contribution in [0, 0.1) is 5.92 Å². The lowest BCUT2D eigenvalue weighted by atomic mass is 9.91. The Kier molecular flexibility index (Phi) is 5.00. The van der Waals surface area contributed by atoms with Crippen molar-refractivity contribution in [2.45, 2.75) is 51.1 Å². The summed E-state index contributed by atoms with van der Waals surface area (Å²) in [7, 11) is 1.59. The fourth-order valence-corrected chi connectivity index (χ4v) is 4.88. The maximum absolute atomic E-state index is 13.1. The minimum atomic E-state index is -0.403. The van der Waals surface area contributed by atoms with E-state index in [0.717, 1.165) is 24.8 Å². The summed E-state index contributed by atoms with van der Waals surface area (Å²) in [5, 5.41) is 3.21. The molecule has 2 fully saturated rings. The fraction of sp³-hybridized carbons (Fsp3) is 0.591. The molecule has 1 aromatic rings. The van der Waals surface area contributed by atoms with Gasteiger partial charge in [0.1, 0.15) is 5.75 Å². The fourth-order valence-electron chi connectivity index (χ4n) is 4.88. The predicted molar refractivity (Wildman–Crippen MR) is 108 cm³/mol. The first-order valence-corrected chi connectivity index (χ1v) is 10.4. The molecule has 1 spiro atoms. The van der Waals surface area contributed by atoms with Gasteiger partial charge in [0.15, 0.2) is 0 Å². The molecule has 0 aliphatic carbocycles. The maximum atomic E-state index is 13.1. The summed E-state index contributed by atoms with van der Waals surface area (Å²) in [5.41, 5.74) is 1.26. The number of ether oxygens (including phenoxy) is 1. The topological polar surface area (TPSA) is 79.0 Å². The molecule has 156 valence electrons. The maximum Gasteiger partial charge on any atom is 0.252 e. The number of hydrogen-bond acceptors (Lipinski definition) is 4. The Hall–Kier alpha value is -2.57. The average Bonchev–Trinajstić information content (AvgIpc) is 3.26. The molecule has 2 unspecified atom stereocenters. The monoisotopic (exact) mass is 399 g/mol. The Bertz CT molecular complexity index is 852. The molecule has 0 bridgehead atoms. The van der Waals surface area contributed by atoms with Crippen molar-refractivity contribution in [1.29, 1.82) is 0 Å². The Labute approximate surface area is 171 Å². The van der Waals surface area contributed by atoms with Crippen molar-refractivity contribution in [2.75, 3.05) is 26.7 Å². The number of amides is 3. The number of likely N-dealkylation sites (tertiary alicyclic amines) is 2. The highest BCUT2D eigenvalue weighted by atomic mass is 16.5. The molecule has 1 aromatic carbocycles. The van der Waals surface area contributed by atoms with Crippen molar-refractivity contribution >= 4 is 17.7 Å². The van der Waals surface area contributed by atoms with Crippen LogP contribution in [0.1, 0.15) is 49.0 Å². The Balaban J connectivity index is 1.46. The van der Waals surface area contributed by atoms with Crippen LogP contribution in [-0.4, -0.2) is 65.8 Å². The van der Waals surface area contributed by atoms with Crippen LogP contribution in [0.3, 0.4) is 0 Å². The molecule has 2 atom stereocenters. The third kappa shape index (κ3) is 3.58. The molecule has 0 aromatic heterocycles. The van der Waals surface area contributed by atoms with E-state index in [-0.39, 0.29) is 36.1 Å². The van der Waals surface area contributed by atoms with Crippen LogP contribution in [0.15, 0.2) is 18.2 Å². The molecular formula is C22H29N3O4. The second-order valence-electron chi connectivity index (χ2n) is 8.81. The second kappa shape index (κ2) is 7.35. The Morgan fingerprint density at radius 3 is 2.76 bits per heavy atom. The van der Waals surface area contributed by atoms with Gasteiger partial charge in [0, 0.05) is 37.7 Å². The number of aryl methyl sites for hydroxylation is 1. The number of carbonyl (C=O) groups excluding carboxylic acids is 3. The lowest BCUT2D eigenvalue weighted by molar-refractivity contribution is -0.135. The molecule has 1 N–H and O–H groups in total. The molecule has 2 saturated heterocycles. The van der Waals surface area contributed by atoms with Gasteiger partial charge in [-0.2, -0.15) is 0 Å². The van der Waals surface area contributed by atoms with E-state index in [1.807, 2.05) is 30.9 Å². The van der Waals surface area contributed by atoms with Crippen molar-refractivity contribution in [3.05, 3.63) is 29.3 Å². The Morgan fingerprint density at radius 1 is 1.28 bits per heavy atom. The highest BCUT2D eigenvalue weighted by Crippen LogP contribution is 2.33. The van der Waals surface area contributed by atoms with Gasteiger partial charge in [-0.1, -0.05) is 6.07 Å².